The molecule has 1 atom stereocenters. The molecule has 3 nitrogen and oxygen atoms in total. The molecule has 14 heavy (non-hydrogen) atoms. The van der Waals surface area contributed by atoms with Gasteiger partial charge in [0, 0.05) is 6.08 Å². The smallest absolute Gasteiger partial charge is 0.328 e. The molecule has 0 radical (unpaired) electrons. The van der Waals surface area contributed by atoms with Gasteiger partial charge in [0.05, 0.1) is 0 Å². The Morgan fingerprint density at radius 3 is 2.43 bits per heavy atom. The summed E-state index contributed by atoms with van der Waals surface area (Å²) in [6, 6.07) is 6.90. The van der Waals surface area contributed by atoms with Crippen molar-refractivity contribution in [2.75, 3.05) is 6.26 Å². The van der Waals surface area contributed by atoms with Crippen molar-refractivity contribution in [3.05, 3.63) is 35.9 Å². The van der Waals surface area contributed by atoms with Gasteiger partial charge in [-0.1, -0.05) is 0 Å². The molecule has 0 saturated carbocycles. The molecule has 1 N–H and O–H groups in total. The van der Waals surface area contributed by atoms with Crippen LogP contribution in [0.1, 0.15) is 5.56 Å². The molecule has 74 valence electrons. The molecule has 0 heterocycles. The summed E-state index contributed by atoms with van der Waals surface area (Å²) < 4.78 is 11.0. The minimum atomic E-state index is -0.990. The Morgan fingerprint density at radius 1 is 1.43 bits per heavy atom. The van der Waals surface area contributed by atoms with Crippen LogP contribution in [0.3, 0.4) is 0 Å². The van der Waals surface area contributed by atoms with Crippen LogP contribution in [0, 0.1) is 0 Å². The molecule has 0 fully saturated rings. The predicted molar refractivity (Wildman–Crippen MR) is 55.4 cm³/mol. The number of rotatable bonds is 3. The van der Waals surface area contributed by atoms with Crippen molar-refractivity contribution < 1.29 is 14.5 Å². The maximum atomic E-state index is 11.0. The lowest BCUT2D eigenvalue weighted by atomic mass is 10.2. The van der Waals surface area contributed by atoms with Crippen LogP contribution in [0.15, 0.2) is 35.2 Å². The third-order valence-electron chi connectivity index (χ3n) is 1.63. The number of carboxylic acids is 1. The van der Waals surface area contributed by atoms with E-state index >= 15 is 0 Å². The predicted octanol–water partition coefficient (Wildman–Crippen LogP) is 1.52. The second-order valence-corrected chi connectivity index (χ2v) is 4.07. The van der Waals surface area contributed by atoms with Crippen LogP contribution in [-0.2, 0) is 16.0 Å². The summed E-state index contributed by atoms with van der Waals surface area (Å²) in [4.78, 5) is 10.9. The highest BCUT2D eigenvalue weighted by molar-refractivity contribution is 7.90. The molecular weight excluding hydrogens is 200 g/mol. The Balaban J connectivity index is 2.78. The molecule has 0 aliphatic carbocycles. The highest BCUT2D eigenvalue weighted by Crippen LogP contribution is 2.11. The average molecular weight is 210 g/mol. The van der Waals surface area contributed by atoms with Gasteiger partial charge in [0.25, 0.3) is 0 Å². The van der Waals surface area contributed by atoms with Gasteiger partial charge in [-0.25, -0.2) is 4.79 Å². The molecule has 0 bridgehead atoms. The van der Waals surface area contributed by atoms with Crippen molar-refractivity contribution in [1.29, 1.82) is 0 Å². The minimum Gasteiger partial charge on any atom is -0.612 e. The number of hydrogen-bond acceptors (Lipinski definition) is 2. The fraction of sp³-hybridized carbons (Fsp3) is 0.100. The lowest BCUT2D eigenvalue weighted by Gasteiger charge is -2.03. The van der Waals surface area contributed by atoms with Crippen LogP contribution in [0.25, 0.3) is 6.08 Å². The summed E-state index contributed by atoms with van der Waals surface area (Å²) in [5.74, 6) is -0.979. The molecule has 4 heteroatoms. The molecule has 0 saturated heterocycles. The van der Waals surface area contributed by atoms with E-state index in [0.717, 1.165) is 16.5 Å². The average Bonchev–Trinajstić information content (AvgIpc) is 2.15. The van der Waals surface area contributed by atoms with Crippen molar-refractivity contribution in [1.82, 2.24) is 0 Å². The summed E-state index contributed by atoms with van der Waals surface area (Å²) in [5, 5.41) is 8.38. The van der Waals surface area contributed by atoms with E-state index < -0.39 is 17.1 Å². The van der Waals surface area contributed by atoms with Crippen LogP contribution < -0.4 is 0 Å². The second kappa shape index (κ2) is 4.83. The second-order valence-electron chi connectivity index (χ2n) is 2.69. The van der Waals surface area contributed by atoms with Gasteiger partial charge in [-0.2, -0.15) is 0 Å². The van der Waals surface area contributed by atoms with E-state index in [2.05, 4.69) is 0 Å². The maximum Gasteiger partial charge on any atom is 0.328 e. The summed E-state index contributed by atoms with van der Waals surface area (Å²) >= 11 is -0.990. The van der Waals surface area contributed by atoms with E-state index in [4.69, 9.17) is 5.11 Å². The Morgan fingerprint density at radius 2 is 2.00 bits per heavy atom. The van der Waals surface area contributed by atoms with Crippen molar-refractivity contribution in [3.8, 4) is 0 Å². The summed E-state index contributed by atoms with van der Waals surface area (Å²) in [7, 11) is 0. The lowest BCUT2D eigenvalue weighted by molar-refractivity contribution is -0.131. The van der Waals surface area contributed by atoms with E-state index in [0.29, 0.717) is 0 Å². The van der Waals surface area contributed by atoms with Crippen LogP contribution in [-0.4, -0.2) is 21.9 Å². The first kappa shape index (κ1) is 10.8. The molecule has 1 unspecified atom stereocenters. The Hall–Kier alpha value is -1.26. The standard InChI is InChI=1S/C10H10O3S/c1-14(13)9-5-2-8(3-6-9)4-7-10(11)12/h2-7H,1H3,(H,11,12)/b7-4+. The first-order valence-electron chi connectivity index (χ1n) is 3.94. The Bertz CT molecular complexity index is 341. The third kappa shape index (κ3) is 3.24. The van der Waals surface area contributed by atoms with E-state index in [-0.39, 0.29) is 0 Å². The van der Waals surface area contributed by atoms with Crippen molar-refractivity contribution >= 4 is 23.2 Å². The number of carbonyl (C=O) groups is 1. The van der Waals surface area contributed by atoms with Gasteiger partial charge in [0.1, 0.15) is 6.26 Å². The quantitative estimate of drug-likeness (QED) is 0.607. The molecular formula is C10H10O3S. The van der Waals surface area contributed by atoms with Crippen LogP contribution in [0.2, 0.25) is 0 Å². The van der Waals surface area contributed by atoms with Gasteiger partial charge in [0.2, 0.25) is 0 Å². The minimum absolute atomic E-state index is 0.734. The highest BCUT2D eigenvalue weighted by atomic mass is 32.2. The Kier molecular flexibility index (Phi) is 3.73. The van der Waals surface area contributed by atoms with Crippen LogP contribution in [0.4, 0.5) is 0 Å². The van der Waals surface area contributed by atoms with Crippen molar-refractivity contribution in [2.24, 2.45) is 0 Å². The molecule has 0 amide bonds. The fourth-order valence-corrected chi connectivity index (χ4v) is 1.46. The number of benzene rings is 1. The van der Waals surface area contributed by atoms with Gasteiger partial charge >= 0.3 is 5.97 Å². The third-order valence-corrected chi connectivity index (χ3v) is 2.57. The monoisotopic (exact) mass is 210 g/mol. The fourth-order valence-electron chi connectivity index (χ4n) is 0.938. The number of carboxylic acid groups (broad SMARTS) is 1. The van der Waals surface area contributed by atoms with E-state index in [1.165, 1.54) is 6.08 Å². The largest absolute Gasteiger partial charge is 0.612 e. The molecule has 1 rings (SSSR count). The topological polar surface area (TPSA) is 60.4 Å². The first-order chi connectivity index (χ1) is 6.59. The number of hydrogen-bond donors (Lipinski definition) is 1. The van der Waals surface area contributed by atoms with Crippen LogP contribution in [0.5, 0.6) is 0 Å². The molecule has 1 aromatic rings. The molecule has 0 spiro atoms. The SMILES string of the molecule is C[S+]([O-])c1ccc(/C=C/C(=O)O)cc1. The summed E-state index contributed by atoms with van der Waals surface area (Å²) in [6.07, 6.45) is 4.16. The van der Waals surface area contributed by atoms with E-state index in [1.54, 1.807) is 30.5 Å². The molecule has 1 aromatic carbocycles. The molecule has 0 aliphatic rings. The summed E-state index contributed by atoms with van der Waals surface area (Å²) in [5.41, 5.74) is 0.779. The normalized spacial score (nSPS) is 13.0. The molecule has 0 aromatic heterocycles. The lowest BCUT2D eigenvalue weighted by Crippen LogP contribution is -1.96. The highest BCUT2D eigenvalue weighted by Gasteiger charge is 2.01. The maximum absolute atomic E-state index is 11.0. The van der Waals surface area contributed by atoms with Crippen LogP contribution >= 0.6 is 0 Å². The van der Waals surface area contributed by atoms with Gasteiger partial charge < -0.3 is 9.66 Å². The zero-order valence-corrected chi connectivity index (χ0v) is 8.45. The number of aliphatic carboxylic acids is 1. The van der Waals surface area contributed by atoms with Crippen molar-refractivity contribution in [3.63, 3.8) is 0 Å². The first-order valence-corrected chi connectivity index (χ1v) is 5.50. The van der Waals surface area contributed by atoms with Crippen molar-refractivity contribution in [2.45, 2.75) is 4.90 Å². The van der Waals surface area contributed by atoms with Gasteiger partial charge in [-0.05, 0) is 47.1 Å². The summed E-state index contributed by atoms with van der Waals surface area (Å²) in [6.45, 7) is 0. The zero-order chi connectivity index (χ0) is 10.6. The van der Waals surface area contributed by atoms with Gasteiger partial charge in [0.15, 0.2) is 4.90 Å². The van der Waals surface area contributed by atoms with E-state index in [9.17, 15) is 9.35 Å². The Labute approximate surface area is 85.3 Å². The van der Waals surface area contributed by atoms with Gasteiger partial charge in [-0.15, -0.1) is 0 Å². The van der Waals surface area contributed by atoms with E-state index in [1.807, 2.05) is 0 Å². The van der Waals surface area contributed by atoms with Gasteiger partial charge in [-0.3, -0.25) is 0 Å². The molecule has 0 aliphatic heterocycles. The zero-order valence-electron chi connectivity index (χ0n) is 7.64.